The van der Waals surface area contributed by atoms with Gasteiger partial charge in [-0.1, -0.05) is 11.6 Å². The number of ether oxygens (including phenoxy) is 1. The number of halogens is 4. The van der Waals surface area contributed by atoms with Crippen LogP contribution in [0.5, 0.6) is 5.75 Å². The fourth-order valence-corrected chi connectivity index (χ4v) is 2.06. The molecule has 1 heterocycles. The summed E-state index contributed by atoms with van der Waals surface area (Å²) in [7, 11) is 1.36. The summed E-state index contributed by atoms with van der Waals surface area (Å²) in [5.74, 6) is 0.226. The molecule has 0 radical (unpaired) electrons. The van der Waals surface area contributed by atoms with E-state index in [1.165, 1.54) is 19.2 Å². The first-order chi connectivity index (χ1) is 7.93. The van der Waals surface area contributed by atoms with Crippen LogP contribution in [0.15, 0.2) is 17.1 Å². The Kier molecular flexibility index (Phi) is 3.03. The minimum Gasteiger partial charge on any atom is -0.495 e. The number of alkyl halides is 3. The summed E-state index contributed by atoms with van der Waals surface area (Å²) < 4.78 is 43.2. The van der Waals surface area contributed by atoms with Crippen molar-refractivity contribution in [1.82, 2.24) is 0 Å². The van der Waals surface area contributed by atoms with E-state index in [-0.39, 0.29) is 17.9 Å². The van der Waals surface area contributed by atoms with Gasteiger partial charge in [0.25, 0.3) is 0 Å². The van der Waals surface area contributed by atoms with Crippen LogP contribution in [0, 0.1) is 0 Å². The number of methoxy groups -OCH3 is 1. The number of benzene rings is 1. The Balaban J connectivity index is 2.57. The maximum atomic E-state index is 12.8. The van der Waals surface area contributed by atoms with Gasteiger partial charge in [0.05, 0.1) is 12.1 Å². The van der Waals surface area contributed by atoms with E-state index in [0.717, 1.165) is 0 Å². The van der Waals surface area contributed by atoms with Gasteiger partial charge in [0, 0.05) is 12.1 Å². The van der Waals surface area contributed by atoms with Gasteiger partial charge in [-0.25, -0.2) is 0 Å². The minimum absolute atomic E-state index is 0.0602. The Hall–Kier alpha value is -1.23. The lowest BCUT2D eigenvalue weighted by molar-refractivity contribution is -0.0584. The summed E-state index contributed by atoms with van der Waals surface area (Å²) in [5, 5.41) is 0.315. The highest BCUT2D eigenvalue weighted by Gasteiger charge is 2.39. The molecule has 6 heteroatoms. The first-order valence-electron chi connectivity index (χ1n) is 4.92. The van der Waals surface area contributed by atoms with Gasteiger partial charge in [0.15, 0.2) is 0 Å². The van der Waals surface area contributed by atoms with Gasteiger partial charge in [0.2, 0.25) is 0 Å². The van der Waals surface area contributed by atoms with Crippen LogP contribution in [-0.4, -0.2) is 25.5 Å². The van der Waals surface area contributed by atoms with Gasteiger partial charge in [-0.05, 0) is 24.1 Å². The van der Waals surface area contributed by atoms with Crippen LogP contribution in [-0.2, 0) is 6.42 Å². The molecule has 0 aromatic heterocycles. The number of hydrogen-bond acceptors (Lipinski definition) is 2. The van der Waals surface area contributed by atoms with E-state index >= 15 is 0 Å². The molecule has 1 aliphatic heterocycles. The number of hydrogen-bond donors (Lipinski definition) is 0. The molecular weight excluding hydrogens is 255 g/mol. The van der Waals surface area contributed by atoms with Crippen molar-refractivity contribution < 1.29 is 17.9 Å². The van der Waals surface area contributed by atoms with Crippen LogP contribution in [0.4, 0.5) is 13.2 Å². The monoisotopic (exact) mass is 263 g/mol. The number of nitrogens with zero attached hydrogens (tertiary/aromatic N) is 1. The van der Waals surface area contributed by atoms with E-state index in [0.29, 0.717) is 17.0 Å². The predicted octanol–water partition coefficient (Wildman–Crippen LogP) is 3.26. The van der Waals surface area contributed by atoms with Crippen molar-refractivity contribution in [2.75, 3.05) is 13.7 Å². The fourth-order valence-electron chi connectivity index (χ4n) is 1.79. The zero-order chi connectivity index (χ0) is 12.6. The number of fused-ring (bicyclic) bond motifs is 1. The average Bonchev–Trinajstić information content (AvgIpc) is 2.25. The highest BCUT2D eigenvalue weighted by atomic mass is 35.5. The zero-order valence-corrected chi connectivity index (χ0v) is 9.69. The maximum Gasteiger partial charge on any atom is 0.433 e. The normalized spacial score (nSPS) is 15.2. The molecule has 0 saturated heterocycles. The van der Waals surface area contributed by atoms with Crippen molar-refractivity contribution in [2.24, 2.45) is 4.99 Å². The van der Waals surface area contributed by atoms with E-state index in [2.05, 4.69) is 4.99 Å². The van der Waals surface area contributed by atoms with Crippen molar-refractivity contribution in [3.05, 3.63) is 28.3 Å². The van der Waals surface area contributed by atoms with Gasteiger partial charge in [-0.3, -0.25) is 4.99 Å². The summed E-state index contributed by atoms with van der Waals surface area (Å²) in [5.41, 5.74) is -0.239. The minimum atomic E-state index is -4.45. The third kappa shape index (κ3) is 2.24. The van der Waals surface area contributed by atoms with Gasteiger partial charge >= 0.3 is 6.18 Å². The number of aliphatic imine (C=N–C) groups is 1. The zero-order valence-electron chi connectivity index (χ0n) is 8.94. The smallest absolute Gasteiger partial charge is 0.433 e. The lowest BCUT2D eigenvalue weighted by Crippen LogP contribution is -2.28. The Labute approximate surface area is 101 Å². The van der Waals surface area contributed by atoms with Crippen LogP contribution in [0.2, 0.25) is 5.02 Å². The van der Waals surface area contributed by atoms with Crippen LogP contribution in [0.1, 0.15) is 11.1 Å². The molecule has 0 spiro atoms. The molecule has 0 atom stereocenters. The van der Waals surface area contributed by atoms with Crippen LogP contribution in [0.3, 0.4) is 0 Å². The topological polar surface area (TPSA) is 21.6 Å². The summed E-state index contributed by atoms with van der Waals surface area (Å²) in [6.07, 6.45) is -3.99. The second-order valence-electron chi connectivity index (χ2n) is 3.62. The van der Waals surface area contributed by atoms with E-state index in [1.807, 2.05) is 0 Å². The molecule has 0 aliphatic carbocycles. The largest absolute Gasteiger partial charge is 0.495 e. The van der Waals surface area contributed by atoms with Gasteiger partial charge in [-0.2, -0.15) is 13.2 Å². The van der Waals surface area contributed by atoms with Crippen molar-refractivity contribution in [3.63, 3.8) is 0 Å². The molecule has 0 bridgehead atoms. The van der Waals surface area contributed by atoms with Gasteiger partial charge in [-0.15, -0.1) is 0 Å². The Morgan fingerprint density at radius 1 is 1.35 bits per heavy atom. The lowest BCUT2D eigenvalue weighted by atomic mass is 9.97. The van der Waals surface area contributed by atoms with E-state index in [9.17, 15) is 13.2 Å². The highest BCUT2D eigenvalue weighted by Crippen LogP contribution is 2.34. The van der Waals surface area contributed by atoms with Gasteiger partial charge < -0.3 is 4.74 Å². The average molecular weight is 264 g/mol. The highest BCUT2D eigenvalue weighted by molar-refractivity contribution is 6.32. The summed E-state index contributed by atoms with van der Waals surface area (Å²) in [6.45, 7) is 0.129. The molecule has 0 unspecified atom stereocenters. The van der Waals surface area contributed by atoms with Crippen molar-refractivity contribution in [3.8, 4) is 5.75 Å². The Morgan fingerprint density at radius 3 is 2.65 bits per heavy atom. The molecule has 1 aromatic rings. The SMILES string of the molecule is COc1cc2c(cc1Cl)CCN=C2C(F)(F)F. The summed E-state index contributed by atoms with van der Waals surface area (Å²) in [6, 6.07) is 2.80. The molecule has 17 heavy (non-hydrogen) atoms. The molecule has 1 aliphatic rings. The summed E-state index contributed by atoms with van der Waals surface area (Å²) >= 11 is 5.88. The molecule has 0 N–H and O–H groups in total. The summed E-state index contributed by atoms with van der Waals surface area (Å²) in [4.78, 5) is 3.54. The third-order valence-corrected chi connectivity index (χ3v) is 2.85. The van der Waals surface area contributed by atoms with Crippen molar-refractivity contribution >= 4 is 17.3 Å². The Bertz CT molecular complexity index is 482. The second kappa shape index (κ2) is 4.22. The molecule has 2 nitrogen and oxygen atoms in total. The van der Waals surface area contributed by atoms with Crippen LogP contribution in [0.25, 0.3) is 0 Å². The third-order valence-electron chi connectivity index (χ3n) is 2.55. The second-order valence-corrected chi connectivity index (χ2v) is 4.03. The Morgan fingerprint density at radius 2 is 2.06 bits per heavy atom. The quantitative estimate of drug-likeness (QED) is 0.762. The first-order valence-corrected chi connectivity index (χ1v) is 5.29. The van der Waals surface area contributed by atoms with Crippen molar-refractivity contribution in [2.45, 2.75) is 12.6 Å². The molecular formula is C11H9ClF3NO. The molecule has 1 aromatic carbocycles. The van der Waals surface area contributed by atoms with Crippen LogP contribution < -0.4 is 4.74 Å². The predicted molar refractivity (Wildman–Crippen MR) is 59.2 cm³/mol. The standard InChI is InChI=1S/C11H9ClF3NO/c1-17-9-5-7-6(4-8(9)12)2-3-16-10(7)11(13,14)15/h4-5H,2-3H2,1H3. The molecule has 2 rings (SSSR count). The molecule has 0 saturated carbocycles. The maximum absolute atomic E-state index is 12.8. The first kappa shape index (κ1) is 12.2. The van der Waals surface area contributed by atoms with Crippen LogP contribution >= 0.6 is 11.6 Å². The molecule has 0 fully saturated rings. The van der Waals surface area contributed by atoms with Gasteiger partial charge in [0.1, 0.15) is 11.5 Å². The molecule has 92 valence electrons. The number of rotatable bonds is 1. The van der Waals surface area contributed by atoms with Crippen molar-refractivity contribution in [1.29, 1.82) is 0 Å². The molecule has 0 amide bonds. The van der Waals surface area contributed by atoms with E-state index in [1.54, 1.807) is 0 Å². The van der Waals surface area contributed by atoms with E-state index in [4.69, 9.17) is 16.3 Å². The van der Waals surface area contributed by atoms with E-state index < -0.39 is 11.9 Å². The fraction of sp³-hybridized carbons (Fsp3) is 0.364. The lowest BCUT2D eigenvalue weighted by Gasteiger charge is -2.20.